The van der Waals surface area contributed by atoms with Gasteiger partial charge in [-0.25, -0.2) is 4.79 Å². The zero-order chi connectivity index (χ0) is 17.9. The summed E-state index contributed by atoms with van der Waals surface area (Å²) in [4.78, 5) is 37.6. The van der Waals surface area contributed by atoms with E-state index >= 15 is 0 Å². The van der Waals surface area contributed by atoms with Gasteiger partial charge >= 0.3 is 5.97 Å². The number of anilines is 1. The lowest BCUT2D eigenvalue weighted by Crippen LogP contribution is -2.31. The number of nitrogens with one attached hydrogen (secondary N) is 1. The Morgan fingerprint density at radius 2 is 2.08 bits per heavy atom. The van der Waals surface area contributed by atoms with Gasteiger partial charge in [0, 0.05) is 17.8 Å². The maximum atomic E-state index is 12.5. The molecule has 2 rings (SSSR count). The van der Waals surface area contributed by atoms with Gasteiger partial charge in [0.25, 0.3) is 5.91 Å². The van der Waals surface area contributed by atoms with Crippen LogP contribution in [0.4, 0.5) is 5.69 Å². The lowest BCUT2D eigenvalue weighted by atomic mass is 10.1. The Balaban J connectivity index is 2.44. The third-order valence-corrected chi connectivity index (χ3v) is 3.77. The highest BCUT2D eigenvalue weighted by atomic mass is 16.5. The van der Waals surface area contributed by atoms with Crippen LogP contribution >= 0.6 is 0 Å². The predicted octanol–water partition coefficient (Wildman–Crippen LogP) is 0.871. The zero-order valence-corrected chi connectivity index (χ0v) is 13.9. The Morgan fingerprint density at radius 1 is 1.38 bits per heavy atom. The van der Waals surface area contributed by atoms with Crippen LogP contribution in [-0.4, -0.2) is 54.5 Å². The molecule has 24 heavy (non-hydrogen) atoms. The number of methoxy groups -OCH3 is 1. The van der Waals surface area contributed by atoms with Gasteiger partial charge < -0.3 is 20.1 Å². The van der Waals surface area contributed by atoms with Gasteiger partial charge in [-0.05, 0) is 31.5 Å². The number of β-amino-alcohol motifs (C(OH)–C–C–N with tert-alkyl or cyclic N) is 1. The van der Waals surface area contributed by atoms with E-state index < -0.39 is 11.9 Å². The Hall–Kier alpha value is -2.67. The molecule has 1 aromatic carbocycles. The highest BCUT2D eigenvalue weighted by Crippen LogP contribution is 2.26. The lowest BCUT2D eigenvalue weighted by Gasteiger charge is -2.16. The number of esters is 1. The van der Waals surface area contributed by atoms with Crippen LogP contribution in [-0.2, 0) is 14.3 Å². The fourth-order valence-corrected chi connectivity index (χ4v) is 2.55. The molecule has 2 N–H and O–H groups in total. The summed E-state index contributed by atoms with van der Waals surface area (Å²) >= 11 is 0. The van der Waals surface area contributed by atoms with Gasteiger partial charge in [-0.2, -0.15) is 0 Å². The number of ketones is 1. The predicted molar refractivity (Wildman–Crippen MR) is 87.5 cm³/mol. The average molecular weight is 332 g/mol. The van der Waals surface area contributed by atoms with Crippen LogP contribution in [0.15, 0.2) is 29.5 Å². The molecule has 0 aromatic heterocycles. The molecule has 0 fully saturated rings. The Labute approximate surface area is 139 Å². The van der Waals surface area contributed by atoms with E-state index in [1.165, 1.54) is 18.9 Å². The highest BCUT2D eigenvalue weighted by molar-refractivity contribution is 6.09. The van der Waals surface area contributed by atoms with E-state index in [-0.39, 0.29) is 36.7 Å². The van der Waals surface area contributed by atoms with Gasteiger partial charge in [-0.3, -0.25) is 9.59 Å². The summed E-state index contributed by atoms with van der Waals surface area (Å²) in [6, 6.07) is 5.20. The van der Waals surface area contributed by atoms with Crippen molar-refractivity contribution in [2.24, 2.45) is 0 Å². The Kier molecular flexibility index (Phi) is 5.35. The third-order valence-electron chi connectivity index (χ3n) is 3.77. The first kappa shape index (κ1) is 17.7. The average Bonchev–Trinajstić information content (AvgIpc) is 2.84. The quantitative estimate of drug-likeness (QED) is 0.593. The number of aliphatic hydroxyl groups is 1. The highest BCUT2D eigenvalue weighted by Gasteiger charge is 2.34. The summed E-state index contributed by atoms with van der Waals surface area (Å²) in [5, 5.41) is 12.0. The summed E-state index contributed by atoms with van der Waals surface area (Å²) in [7, 11) is 1.24. The van der Waals surface area contributed by atoms with Crippen molar-refractivity contribution in [1.82, 2.24) is 4.90 Å². The van der Waals surface area contributed by atoms with Crippen LogP contribution in [0.3, 0.4) is 0 Å². The number of carbonyl (C=O) groups excluding carboxylic acids is 3. The third kappa shape index (κ3) is 3.46. The Morgan fingerprint density at radius 3 is 2.67 bits per heavy atom. The van der Waals surface area contributed by atoms with E-state index in [1.807, 2.05) is 6.92 Å². The van der Waals surface area contributed by atoms with Gasteiger partial charge in [-0.1, -0.05) is 6.07 Å². The van der Waals surface area contributed by atoms with E-state index in [9.17, 15) is 14.4 Å². The molecule has 128 valence electrons. The van der Waals surface area contributed by atoms with Crippen molar-refractivity contribution in [2.75, 3.05) is 32.1 Å². The fourth-order valence-electron chi connectivity index (χ4n) is 2.55. The molecule has 0 radical (unpaired) electrons. The first-order chi connectivity index (χ1) is 11.4. The second-order valence-corrected chi connectivity index (χ2v) is 5.53. The van der Waals surface area contributed by atoms with E-state index in [4.69, 9.17) is 9.84 Å². The second-order valence-electron chi connectivity index (χ2n) is 5.53. The number of benzene rings is 1. The number of amides is 1. The van der Waals surface area contributed by atoms with Gasteiger partial charge in [0.1, 0.15) is 5.70 Å². The first-order valence-corrected chi connectivity index (χ1v) is 7.49. The SMILES string of the molecule is COC(=O)C1=C(Nc2cc(C)ccc2C(C)=O)C(=O)N(CCO)C1. The molecule has 0 spiro atoms. The van der Waals surface area contributed by atoms with E-state index in [0.717, 1.165) is 5.56 Å². The van der Waals surface area contributed by atoms with Crippen molar-refractivity contribution in [1.29, 1.82) is 0 Å². The number of hydrogen-bond acceptors (Lipinski definition) is 6. The fraction of sp³-hybridized carbons (Fsp3) is 0.353. The van der Waals surface area contributed by atoms with Crippen LogP contribution in [0, 0.1) is 6.92 Å². The van der Waals surface area contributed by atoms with Crippen LogP contribution in [0.2, 0.25) is 0 Å². The molecule has 1 aromatic rings. The summed E-state index contributed by atoms with van der Waals surface area (Å²) < 4.78 is 4.73. The molecule has 1 aliphatic heterocycles. The summed E-state index contributed by atoms with van der Waals surface area (Å²) in [6.45, 7) is 3.24. The smallest absolute Gasteiger partial charge is 0.337 e. The second kappa shape index (κ2) is 7.27. The monoisotopic (exact) mass is 332 g/mol. The number of aliphatic hydroxyl groups excluding tert-OH is 1. The molecule has 1 amide bonds. The number of aryl methyl sites for hydroxylation is 1. The van der Waals surface area contributed by atoms with Crippen molar-refractivity contribution in [2.45, 2.75) is 13.8 Å². The van der Waals surface area contributed by atoms with E-state index in [0.29, 0.717) is 11.3 Å². The van der Waals surface area contributed by atoms with Crippen LogP contribution < -0.4 is 5.32 Å². The number of rotatable bonds is 6. The van der Waals surface area contributed by atoms with E-state index in [1.54, 1.807) is 18.2 Å². The van der Waals surface area contributed by atoms with Gasteiger partial charge in [0.05, 0.1) is 25.8 Å². The molecule has 0 bridgehead atoms. The molecule has 1 aliphatic rings. The van der Waals surface area contributed by atoms with Crippen molar-refractivity contribution in [3.8, 4) is 0 Å². The summed E-state index contributed by atoms with van der Waals surface area (Å²) in [6.07, 6.45) is 0. The normalized spacial score (nSPS) is 14.2. The first-order valence-electron chi connectivity index (χ1n) is 7.49. The van der Waals surface area contributed by atoms with Crippen LogP contribution in [0.25, 0.3) is 0 Å². The molecule has 0 saturated heterocycles. The maximum absolute atomic E-state index is 12.5. The van der Waals surface area contributed by atoms with Gasteiger partial charge in [-0.15, -0.1) is 0 Å². The molecule has 0 saturated carbocycles. The zero-order valence-electron chi connectivity index (χ0n) is 13.9. The van der Waals surface area contributed by atoms with E-state index in [2.05, 4.69) is 5.32 Å². The number of carbonyl (C=O) groups is 3. The molecule has 0 unspecified atom stereocenters. The molecular weight excluding hydrogens is 312 g/mol. The number of hydrogen-bond donors (Lipinski definition) is 2. The van der Waals surface area contributed by atoms with Crippen LogP contribution in [0.1, 0.15) is 22.8 Å². The maximum Gasteiger partial charge on any atom is 0.337 e. The summed E-state index contributed by atoms with van der Waals surface area (Å²) in [5.74, 6) is -1.20. The molecule has 7 heteroatoms. The topological polar surface area (TPSA) is 95.9 Å². The van der Waals surface area contributed by atoms with Crippen molar-refractivity contribution in [3.63, 3.8) is 0 Å². The van der Waals surface area contributed by atoms with Crippen LogP contribution in [0.5, 0.6) is 0 Å². The number of nitrogens with zero attached hydrogens (tertiary/aromatic N) is 1. The van der Waals surface area contributed by atoms with Crippen molar-refractivity contribution >= 4 is 23.3 Å². The Bertz CT molecular complexity index is 724. The summed E-state index contributed by atoms with van der Waals surface area (Å²) in [5.41, 5.74) is 2.03. The molecule has 7 nitrogen and oxygen atoms in total. The number of ether oxygens (including phenoxy) is 1. The van der Waals surface area contributed by atoms with Crippen molar-refractivity contribution in [3.05, 3.63) is 40.6 Å². The minimum absolute atomic E-state index is 0.0512. The standard InChI is InChI=1S/C17H20N2O5/c1-10-4-5-12(11(2)21)14(8-10)18-15-13(17(23)24-3)9-19(6-7-20)16(15)22/h4-5,8,18,20H,6-7,9H2,1-3H3. The largest absolute Gasteiger partial charge is 0.466 e. The van der Waals surface area contributed by atoms with Gasteiger partial charge in [0.2, 0.25) is 0 Å². The minimum Gasteiger partial charge on any atom is -0.466 e. The number of Topliss-reactive ketones (excluding diaryl/α,β-unsaturated/α-hetero) is 1. The lowest BCUT2D eigenvalue weighted by molar-refractivity contribution is -0.136. The molecule has 0 atom stereocenters. The molecular formula is C17H20N2O5. The van der Waals surface area contributed by atoms with Gasteiger partial charge in [0.15, 0.2) is 5.78 Å². The molecule has 0 aliphatic carbocycles. The van der Waals surface area contributed by atoms with Crippen molar-refractivity contribution < 1.29 is 24.2 Å². The molecule has 1 heterocycles. The minimum atomic E-state index is -0.622.